The number of aryl methyl sites for hydroxylation is 1. The number of pyridine rings is 1. The molecule has 7 nitrogen and oxygen atoms in total. The SMILES string of the molecule is CN.CNc1cnc2ccc(-c3ccc(F)c(F)c3CCCc3c(C(N)C(C)(C)C)nn(C)c3C)cn12. The number of benzene rings is 1. The van der Waals surface area contributed by atoms with Crippen molar-refractivity contribution in [3.63, 3.8) is 0 Å². The highest BCUT2D eigenvalue weighted by molar-refractivity contribution is 5.69. The van der Waals surface area contributed by atoms with E-state index in [2.05, 4.69) is 41.9 Å². The predicted octanol–water partition coefficient (Wildman–Crippen LogP) is 5.16. The molecule has 0 aliphatic heterocycles. The fraction of sp³-hybridized carbons (Fsp3) is 0.429. The van der Waals surface area contributed by atoms with E-state index in [4.69, 9.17) is 5.73 Å². The maximum absolute atomic E-state index is 15.1. The Bertz CT molecular complexity index is 1370. The van der Waals surface area contributed by atoms with Crippen molar-refractivity contribution in [2.45, 2.75) is 53.0 Å². The van der Waals surface area contributed by atoms with Gasteiger partial charge in [-0.25, -0.2) is 13.8 Å². The zero-order valence-corrected chi connectivity index (χ0v) is 22.9. The lowest BCUT2D eigenvalue weighted by Crippen LogP contribution is -2.27. The molecule has 9 heteroatoms. The van der Waals surface area contributed by atoms with Crippen molar-refractivity contribution >= 4 is 11.5 Å². The van der Waals surface area contributed by atoms with Gasteiger partial charge in [-0.3, -0.25) is 9.08 Å². The Morgan fingerprint density at radius 3 is 2.38 bits per heavy atom. The summed E-state index contributed by atoms with van der Waals surface area (Å²) in [6, 6.07) is 6.39. The first-order chi connectivity index (χ1) is 17.5. The number of hydrogen-bond acceptors (Lipinski definition) is 5. The van der Waals surface area contributed by atoms with Gasteiger partial charge in [0.05, 0.1) is 17.9 Å². The first-order valence-electron chi connectivity index (χ1n) is 12.5. The maximum Gasteiger partial charge on any atom is 0.162 e. The number of anilines is 1. The molecule has 0 amide bonds. The van der Waals surface area contributed by atoms with E-state index in [1.807, 2.05) is 48.4 Å². The molecule has 0 bridgehead atoms. The van der Waals surface area contributed by atoms with Crippen molar-refractivity contribution in [1.29, 1.82) is 0 Å². The molecule has 0 saturated heterocycles. The van der Waals surface area contributed by atoms with Crippen LogP contribution in [-0.4, -0.2) is 33.3 Å². The molecule has 0 saturated carbocycles. The van der Waals surface area contributed by atoms with Crippen LogP contribution in [0.2, 0.25) is 0 Å². The number of hydrogen-bond donors (Lipinski definition) is 3. The van der Waals surface area contributed by atoms with Crippen molar-refractivity contribution < 1.29 is 8.78 Å². The second-order valence-electron chi connectivity index (χ2n) is 10.2. The van der Waals surface area contributed by atoms with Crippen molar-refractivity contribution in [2.24, 2.45) is 23.9 Å². The van der Waals surface area contributed by atoms with E-state index in [1.54, 1.807) is 12.3 Å². The number of aromatic nitrogens is 4. The number of nitrogens with one attached hydrogen (secondary N) is 1. The van der Waals surface area contributed by atoms with Gasteiger partial charge in [0.15, 0.2) is 11.6 Å². The molecule has 1 atom stereocenters. The van der Waals surface area contributed by atoms with Gasteiger partial charge in [0, 0.05) is 26.0 Å². The Kier molecular flexibility index (Phi) is 8.71. The molecule has 37 heavy (non-hydrogen) atoms. The fourth-order valence-electron chi connectivity index (χ4n) is 4.52. The average molecular weight is 512 g/mol. The third-order valence-corrected chi connectivity index (χ3v) is 6.84. The van der Waals surface area contributed by atoms with Gasteiger partial charge in [0.25, 0.3) is 0 Å². The second kappa shape index (κ2) is 11.4. The summed E-state index contributed by atoms with van der Waals surface area (Å²) < 4.78 is 33.1. The standard InChI is InChI=1S/C27H34F2N6.CH5N/c1-16-18(25(33-34(16)6)26(30)27(2,3)4)8-7-9-20-19(11-12-21(28)24(20)29)17-10-13-22-32-14-23(31-5)35(22)15-17;1-2/h10-15,26,31H,7-9,30H2,1-6H3;2H2,1H3. The molecule has 0 spiro atoms. The van der Waals surface area contributed by atoms with Crippen LogP contribution in [0, 0.1) is 24.0 Å². The van der Waals surface area contributed by atoms with Crippen LogP contribution in [0.1, 0.15) is 55.7 Å². The van der Waals surface area contributed by atoms with Crippen LogP contribution >= 0.6 is 0 Å². The zero-order valence-electron chi connectivity index (χ0n) is 22.9. The predicted molar refractivity (Wildman–Crippen MR) is 147 cm³/mol. The highest BCUT2D eigenvalue weighted by Gasteiger charge is 2.28. The van der Waals surface area contributed by atoms with Crippen LogP contribution in [0.15, 0.2) is 36.7 Å². The van der Waals surface area contributed by atoms with Crippen LogP contribution in [0.3, 0.4) is 0 Å². The van der Waals surface area contributed by atoms with E-state index in [1.165, 1.54) is 13.1 Å². The van der Waals surface area contributed by atoms with E-state index < -0.39 is 11.6 Å². The molecular weight excluding hydrogens is 472 g/mol. The highest BCUT2D eigenvalue weighted by atomic mass is 19.2. The van der Waals surface area contributed by atoms with Gasteiger partial charge >= 0.3 is 0 Å². The minimum Gasteiger partial charge on any atom is -0.373 e. The summed E-state index contributed by atoms with van der Waals surface area (Å²) in [7, 11) is 5.23. The lowest BCUT2D eigenvalue weighted by atomic mass is 9.83. The Hall–Kier alpha value is -3.30. The molecule has 0 aliphatic carbocycles. The Balaban J connectivity index is 0.00000186. The van der Waals surface area contributed by atoms with E-state index in [0.717, 1.165) is 34.0 Å². The summed E-state index contributed by atoms with van der Waals surface area (Å²) in [4.78, 5) is 4.36. The van der Waals surface area contributed by atoms with Gasteiger partial charge in [-0.05, 0) is 79.1 Å². The van der Waals surface area contributed by atoms with Crippen molar-refractivity contribution in [2.75, 3.05) is 19.4 Å². The largest absolute Gasteiger partial charge is 0.373 e. The van der Waals surface area contributed by atoms with Gasteiger partial charge in [0.1, 0.15) is 11.5 Å². The molecule has 200 valence electrons. The molecule has 0 radical (unpaired) electrons. The number of halogens is 2. The van der Waals surface area contributed by atoms with Gasteiger partial charge < -0.3 is 16.8 Å². The third kappa shape index (κ3) is 5.67. The molecule has 1 aromatic carbocycles. The minimum absolute atomic E-state index is 0.143. The van der Waals surface area contributed by atoms with Crippen molar-refractivity contribution in [3.8, 4) is 11.1 Å². The first-order valence-corrected chi connectivity index (χ1v) is 12.5. The van der Waals surface area contributed by atoms with E-state index in [9.17, 15) is 4.39 Å². The number of nitrogens with zero attached hydrogens (tertiary/aromatic N) is 4. The molecular formula is C28H39F2N7. The lowest BCUT2D eigenvalue weighted by molar-refractivity contribution is 0.318. The quantitative estimate of drug-likeness (QED) is 0.318. The number of fused-ring (bicyclic) bond motifs is 1. The fourth-order valence-corrected chi connectivity index (χ4v) is 4.52. The molecule has 0 aliphatic rings. The summed E-state index contributed by atoms with van der Waals surface area (Å²) in [6.45, 7) is 8.30. The molecule has 4 aromatic rings. The van der Waals surface area contributed by atoms with Gasteiger partial charge in [-0.15, -0.1) is 0 Å². The summed E-state index contributed by atoms with van der Waals surface area (Å²) in [6.07, 6.45) is 5.34. The normalized spacial score (nSPS) is 12.4. The number of rotatable bonds is 7. The van der Waals surface area contributed by atoms with Gasteiger partial charge in [0.2, 0.25) is 0 Å². The topological polar surface area (TPSA) is 99.2 Å². The number of imidazole rings is 1. The summed E-state index contributed by atoms with van der Waals surface area (Å²) in [5, 5.41) is 7.78. The van der Waals surface area contributed by atoms with Crippen LogP contribution in [0.5, 0.6) is 0 Å². The van der Waals surface area contributed by atoms with Crippen LogP contribution < -0.4 is 16.8 Å². The summed E-state index contributed by atoms with van der Waals surface area (Å²) in [5.41, 5.74) is 16.5. The highest BCUT2D eigenvalue weighted by Crippen LogP contribution is 2.34. The summed E-state index contributed by atoms with van der Waals surface area (Å²) >= 11 is 0. The van der Waals surface area contributed by atoms with Gasteiger partial charge in [-0.2, -0.15) is 5.10 Å². The molecule has 0 fully saturated rings. The first kappa shape index (κ1) is 28.3. The molecule has 4 rings (SSSR count). The molecule has 1 unspecified atom stereocenters. The van der Waals surface area contributed by atoms with E-state index in [0.29, 0.717) is 30.4 Å². The lowest BCUT2D eigenvalue weighted by Gasteiger charge is -2.26. The molecule has 3 aromatic heterocycles. The second-order valence-corrected chi connectivity index (χ2v) is 10.2. The molecule has 5 N–H and O–H groups in total. The van der Waals surface area contributed by atoms with Crippen LogP contribution in [0.4, 0.5) is 14.6 Å². The van der Waals surface area contributed by atoms with Crippen molar-refractivity contribution in [3.05, 3.63) is 70.8 Å². The summed E-state index contributed by atoms with van der Waals surface area (Å²) in [5.74, 6) is -0.811. The zero-order chi connectivity index (χ0) is 27.5. The third-order valence-electron chi connectivity index (χ3n) is 6.84. The van der Waals surface area contributed by atoms with Crippen LogP contribution in [-0.2, 0) is 19.9 Å². The Labute approximate surface area is 217 Å². The Morgan fingerprint density at radius 2 is 1.73 bits per heavy atom. The smallest absolute Gasteiger partial charge is 0.162 e. The number of nitrogens with two attached hydrogens (primary N) is 2. The van der Waals surface area contributed by atoms with Crippen molar-refractivity contribution in [1.82, 2.24) is 19.2 Å². The Morgan fingerprint density at radius 1 is 1.05 bits per heavy atom. The van der Waals surface area contributed by atoms with Gasteiger partial charge in [-0.1, -0.05) is 26.8 Å². The maximum atomic E-state index is 15.1. The van der Waals surface area contributed by atoms with Crippen LogP contribution in [0.25, 0.3) is 16.8 Å². The minimum atomic E-state index is -0.837. The van der Waals surface area contributed by atoms with E-state index in [-0.39, 0.29) is 11.5 Å². The van der Waals surface area contributed by atoms with E-state index >= 15 is 4.39 Å². The monoisotopic (exact) mass is 511 g/mol. The average Bonchev–Trinajstić information content (AvgIpc) is 3.42. The molecule has 3 heterocycles.